The second kappa shape index (κ2) is 8.78. The minimum atomic E-state index is -0.398. The maximum Gasteiger partial charge on any atom is 0.0900 e. The van der Waals surface area contributed by atoms with Crippen molar-refractivity contribution in [3.8, 4) is 0 Å². The minimum Gasteiger partial charge on any atom is -0.389 e. The van der Waals surface area contributed by atoms with Crippen molar-refractivity contribution >= 4 is 0 Å². The van der Waals surface area contributed by atoms with Crippen LogP contribution in [0.5, 0.6) is 0 Å². The van der Waals surface area contributed by atoms with Crippen LogP contribution in [0, 0.1) is 0 Å². The number of nitrogens with zero attached hydrogens (tertiary/aromatic N) is 2. The molecule has 1 aromatic rings. The summed E-state index contributed by atoms with van der Waals surface area (Å²) in [5, 5.41) is 10.1. The van der Waals surface area contributed by atoms with Crippen LogP contribution in [-0.2, 0) is 11.2 Å². The molecule has 0 radical (unpaired) electrons. The lowest BCUT2D eigenvalue weighted by Gasteiger charge is -2.36. The third kappa shape index (κ3) is 7.44. The van der Waals surface area contributed by atoms with Gasteiger partial charge in [0.15, 0.2) is 0 Å². The number of rotatable bonds is 7. The van der Waals surface area contributed by atoms with Crippen molar-refractivity contribution in [2.24, 2.45) is 0 Å². The van der Waals surface area contributed by atoms with Crippen molar-refractivity contribution in [1.82, 2.24) is 9.80 Å². The van der Waals surface area contributed by atoms with Crippen molar-refractivity contribution in [2.75, 3.05) is 45.9 Å². The van der Waals surface area contributed by atoms with E-state index in [1.807, 2.05) is 20.8 Å². The Morgan fingerprint density at radius 3 is 2.26 bits per heavy atom. The SMILES string of the molecule is CC(C)(C)OCC(O)CN1CCN(CCc2ccccc2)CC1. The molecule has 23 heavy (non-hydrogen) atoms. The van der Waals surface area contributed by atoms with Gasteiger partial charge in [-0.05, 0) is 32.8 Å². The summed E-state index contributed by atoms with van der Waals surface area (Å²) in [6.07, 6.45) is 0.716. The lowest BCUT2D eigenvalue weighted by molar-refractivity contribution is -0.0585. The molecule has 0 bridgehead atoms. The number of β-amino-alcohol motifs (C(OH)–C–C–N with tert-alkyl or cyclic N) is 1. The number of hydrogen-bond donors (Lipinski definition) is 1. The molecule has 4 nitrogen and oxygen atoms in total. The summed E-state index contributed by atoms with van der Waals surface area (Å²) in [6, 6.07) is 10.7. The second-order valence-corrected chi connectivity index (χ2v) is 7.46. The Morgan fingerprint density at radius 2 is 1.65 bits per heavy atom. The maximum absolute atomic E-state index is 10.1. The number of benzene rings is 1. The normalized spacial score (nSPS) is 19.0. The molecule has 1 aliphatic heterocycles. The van der Waals surface area contributed by atoms with Crippen LogP contribution in [0.1, 0.15) is 26.3 Å². The molecular formula is C19H32N2O2. The van der Waals surface area contributed by atoms with Crippen LogP contribution >= 0.6 is 0 Å². The molecule has 0 saturated carbocycles. The smallest absolute Gasteiger partial charge is 0.0900 e. The quantitative estimate of drug-likeness (QED) is 0.834. The zero-order valence-electron chi connectivity index (χ0n) is 14.9. The Hall–Kier alpha value is -0.940. The first-order chi connectivity index (χ1) is 10.9. The van der Waals surface area contributed by atoms with E-state index in [0.29, 0.717) is 13.2 Å². The molecule has 1 unspecified atom stereocenters. The fourth-order valence-corrected chi connectivity index (χ4v) is 2.82. The molecule has 1 heterocycles. The minimum absolute atomic E-state index is 0.183. The molecule has 0 aromatic heterocycles. The number of aliphatic hydroxyl groups excluding tert-OH is 1. The molecule has 130 valence electrons. The lowest BCUT2D eigenvalue weighted by Crippen LogP contribution is -2.49. The Morgan fingerprint density at radius 1 is 1.04 bits per heavy atom. The van der Waals surface area contributed by atoms with Crippen LogP contribution in [0.3, 0.4) is 0 Å². The van der Waals surface area contributed by atoms with Gasteiger partial charge < -0.3 is 14.7 Å². The van der Waals surface area contributed by atoms with E-state index in [0.717, 1.165) is 39.1 Å². The van der Waals surface area contributed by atoms with Gasteiger partial charge in [0.25, 0.3) is 0 Å². The summed E-state index contributed by atoms with van der Waals surface area (Å²) >= 11 is 0. The number of hydrogen-bond acceptors (Lipinski definition) is 4. The third-order valence-electron chi connectivity index (χ3n) is 4.20. The first-order valence-electron chi connectivity index (χ1n) is 8.73. The molecule has 1 N–H and O–H groups in total. The summed E-state index contributed by atoms with van der Waals surface area (Å²) in [6.45, 7) is 12.5. The molecule has 0 amide bonds. The van der Waals surface area contributed by atoms with Gasteiger partial charge in [-0.1, -0.05) is 30.3 Å². The summed E-state index contributed by atoms with van der Waals surface area (Å²) in [5.41, 5.74) is 1.22. The summed E-state index contributed by atoms with van der Waals surface area (Å²) in [7, 11) is 0. The van der Waals surface area contributed by atoms with Gasteiger partial charge in [0, 0.05) is 39.3 Å². The molecule has 0 spiro atoms. The van der Waals surface area contributed by atoms with Gasteiger partial charge in [0.05, 0.1) is 18.3 Å². The van der Waals surface area contributed by atoms with E-state index >= 15 is 0 Å². The molecule has 1 aromatic carbocycles. The van der Waals surface area contributed by atoms with Crippen LogP contribution in [0.25, 0.3) is 0 Å². The Kier molecular flexibility index (Phi) is 7.03. The average molecular weight is 320 g/mol. The van der Waals surface area contributed by atoms with Gasteiger partial charge in [0.1, 0.15) is 0 Å². The van der Waals surface area contributed by atoms with Crippen LogP contribution < -0.4 is 0 Å². The summed E-state index contributed by atoms with van der Waals surface area (Å²) < 4.78 is 5.65. The van der Waals surface area contributed by atoms with Crippen molar-refractivity contribution in [3.63, 3.8) is 0 Å². The van der Waals surface area contributed by atoms with Gasteiger partial charge in [-0.25, -0.2) is 0 Å². The zero-order chi connectivity index (χ0) is 16.7. The lowest BCUT2D eigenvalue weighted by atomic mass is 10.1. The number of ether oxygens (including phenoxy) is 1. The molecular weight excluding hydrogens is 288 g/mol. The molecule has 4 heteroatoms. The third-order valence-corrected chi connectivity index (χ3v) is 4.20. The van der Waals surface area contributed by atoms with E-state index in [4.69, 9.17) is 4.74 Å². The Bertz CT molecular complexity index is 436. The fourth-order valence-electron chi connectivity index (χ4n) is 2.82. The highest BCUT2D eigenvalue weighted by atomic mass is 16.5. The van der Waals surface area contributed by atoms with E-state index in [-0.39, 0.29) is 5.60 Å². The predicted octanol–water partition coefficient (Wildman–Crippen LogP) is 2.02. The van der Waals surface area contributed by atoms with E-state index in [9.17, 15) is 5.11 Å². The van der Waals surface area contributed by atoms with E-state index < -0.39 is 6.10 Å². The Labute approximate surface area is 141 Å². The van der Waals surface area contributed by atoms with E-state index in [1.54, 1.807) is 0 Å². The molecule has 1 atom stereocenters. The van der Waals surface area contributed by atoms with Crippen molar-refractivity contribution in [3.05, 3.63) is 35.9 Å². The predicted molar refractivity (Wildman–Crippen MR) is 94.7 cm³/mol. The van der Waals surface area contributed by atoms with Crippen LogP contribution in [0.2, 0.25) is 0 Å². The second-order valence-electron chi connectivity index (χ2n) is 7.46. The number of aliphatic hydroxyl groups is 1. The van der Waals surface area contributed by atoms with Crippen molar-refractivity contribution in [2.45, 2.75) is 38.9 Å². The van der Waals surface area contributed by atoms with Gasteiger partial charge in [-0.2, -0.15) is 0 Å². The fraction of sp³-hybridized carbons (Fsp3) is 0.684. The highest BCUT2D eigenvalue weighted by molar-refractivity contribution is 5.14. The summed E-state index contributed by atoms with van der Waals surface area (Å²) in [5.74, 6) is 0. The topological polar surface area (TPSA) is 35.9 Å². The first kappa shape index (κ1) is 18.4. The van der Waals surface area contributed by atoms with Crippen molar-refractivity contribution < 1.29 is 9.84 Å². The zero-order valence-corrected chi connectivity index (χ0v) is 14.9. The monoisotopic (exact) mass is 320 g/mol. The average Bonchev–Trinajstić information content (AvgIpc) is 2.53. The molecule has 2 rings (SSSR count). The van der Waals surface area contributed by atoms with Gasteiger partial charge in [-0.15, -0.1) is 0 Å². The molecule has 1 aliphatic rings. The molecule has 1 saturated heterocycles. The van der Waals surface area contributed by atoms with Crippen LogP contribution in [0.15, 0.2) is 30.3 Å². The van der Waals surface area contributed by atoms with Crippen molar-refractivity contribution in [1.29, 1.82) is 0 Å². The van der Waals surface area contributed by atoms with Crippen LogP contribution in [0.4, 0.5) is 0 Å². The standard InChI is InChI=1S/C19H32N2O2/c1-19(2,3)23-16-18(22)15-21-13-11-20(12-14-21)10-9-17-7-5-4-6-8-17/h4-8,18,22H,9-16H2,1-3H3. The Balaban J connectivity index is 1.62. The highest BCUT2D eigenvalue weighted by Crippen LogP contribution is 2.09. The first-order valence-corrected chi connectivity index (χ1v) is 8.73. The molecule has 1 fully saturated rings. The summed E-state index contributed by atoms with van der Waals surface area (Å²) in [4.78, 5) is 4.86. The number of piperazine rings is 1. The maximum atomic E-state index is 10.1. The van der Waals surface area contributed by atoms with Gasteiger partial charge in [-0.3, -0.25) is 4.90 Å². The van der Waals surface area contributed by atoms with Crippen LogP contribution in [-0.4, -0.2) is 72.5 Å². The van der Waals surface area contributed by atoms with E-state index in [1.165, 1.54) is 5.56 Å². The van der Waals surface area contributed by atoms with E-state index in [2.05, 4.69) is 40.1 Å². The van der Waals surface area contributed by atoms with Gasteiger partial charge >= 0.3 is 0 Å². The molecule has 0 aliphatic carbocycles. The highest BCUT2D eigenvalue weighted by Gasteiger charge is 2.20. The van der Waals surface area contributed by atoms with Gasteiger partial charge in [0.2, 0.25) is 0 Å². The largest absolute Gasteiger partial charge is 0.389 e.